The number of hydrogen-bond donors (Lipinski definition) is 4. The third-order valence-corrected chi connectivity index (χ3v) is 2.96. The van der Waals surface area contributed by atoms with E-state index in [1.807, 2.05) is 6.92 Å². The second-order valence-electron chi connectivity index (χ2n) is 4.02. The summed E-state index contributed by atoms with van der Waals surface area (Å²) < 4.78 is 0. The van der Waals surface area contributed by atoms with Crippen molar-refractivity contribution in [2.75, 3.05) is 6.54 Å². The molecule has 0 amide bonds. The fourth-order valence-corrected chi connectivity index (χ4v) is 2.03. The number of carboxylic acids is 1. The number of benzene rings is 1. The molecule has 0 bridgehead atoms. The van der Waals surface area contributed by atoms with Gasteiger partial charge in [-0.25, -0.2) is 0 Å². The number of nitrogens with two attached hydrogens (primary N) is 1. The van der Waals surface area contributed by atoms with Crippen molar-refractivity contribution in [1.29, 1.82) is 0 Å². The van der Waals surface area contributed by atoms with Gasteiger partial charge in [-0.2, -0.15) is 0 Å². The van der Waals surface area contributed by atoms with Crippen LogP contribution in [0.15, 0.2) is 18.3 Å². The van der Waals surface area contributed by atoms with E-state index in [-0.39, 0.29) is 12.3 Å². The molecule has 5 heteroatoms. The molecule has 17 heavy (non-hydrogen) atoms. The highest BCUT2D eigenvalue weighted by Gasteiger charge is 2.23. The van der Waals surface area contributed by atoms with Crippen LogP contribution in [0.4, 0.5) is 0 Å². The third-order valence-electron chi connectivity index (χ3n) is 2.96. The number of nitrogens with one attached hydrogen (secondary N) is 1. The molecule has 0 radical (unpaired) electrons. The molecular weight excluding hydrogens is 220 g/mol. The molecule has 0 spiro atoms. The quantitative estimate of drug-likeness (QED) is 0.643. The lowest BCUT2D eigenvalue weighted by Crippen LogP contribution is -2.21. The molecule has 90 valence electrons. The van der Waals surface area contributed by atoms with Crippen molar-refractivity contribution in [3.63, 3.8) is 0 Å². The number of aromatic amines is 1. The minimum absolute atomic E-state index is 0.000833. The topological polar surface area (TPSA) is 99.3 Å². The molecule has 1 heterocycles. The monoisotopic (exact) mass is 234 g/mol. The third kappa shape index (κ3) is 1.74. The van der Waals surface area contributed by atoms with Crippen molar-refractivity contribution in [2.45, 2.75) is 12.8 Å². The summed E-state index contributed by atoms with van der Waals surface area (Å²) >= 11 is 0. The molecule has 0 aliphatic carbocycles. The predicted octanol–water partition coefficient (Wildman–Crippen LogP) is 1.31. The molecular formula is C12H14N2O3. The molecule has 1 atom stereocenters. The van der Waals surface area contributed by atoms with Gasteiger partial charge < -0.3 is 20.9 Å². The van der Waals surface area contributed by atoms with Crippen LogP contribution in [-0.2, 0) is 4.79 Å². The van der Waals surface area contributed by atoms with E-state index < -0.39 is 11.9 Å². The zero-order valence-electron chi connectivity index (χ0n) is 9.40. The highest BCUT2D eigenvalue weighted by molar-refractivity contribution is 5.92. The molecule has 0 aliphatic heterocycles. The van der Waals surface area contributed by atoms with Crippen LogP contribution >= 0.6 is 0 Å². The van der Waals surface area contributed by atoms with Crippen molar-refractivity contribution in [2.24, 2.45) is 5.73 Å². The zero-order chi connectivity index (χ0) is 12.6. The van der Waals surface area contributed by atoms with Gasteiger partial charge in [0.2, 0.25) is 0 Å². The number of hydrogen-bond acceptors (Lipinski definition) is 3. The van der Waals surface area contributed by atoms with E-state index in [1.165, 1.54) is 0 Å². The number of fused-ring (bicyclic) bond motifs is 1. The van der Waals surface area contributed by atoms with Crippen molar-refractivity contribution in [1.82, 2.24) is 4.98 Å². The molecule has 0 fully saturated rings. The van der Waals surface area contributed by atoms with Crippen LogP contribution in [0.25, 0.3) is 10.9 Å². The molecule has 0 saturated carbocycles. The maximum absolute atomic E-state index is 11.0. The van der Waals surface area contributed by atoms with E-state index in [0.717, 1.165) is 11.1 Å². The molecule has 1 aromatic carbocycles. The Kier molecular flexibility index (Phi) is 2.77. The summed E-state index contributed by atoms with van der Waals surface area (Å²) in [6.07, 6.45) is 1.77. The molecule has 2 rings (SSSR count). The molecule has 1 aromatic heterocycles. The van der Waals surface area contributed by atoms with Gasteiger partial charge in [-0.3, -0.25) is 4.79 Å². The Balaban J connectivity index is 2.66. The lowest BCUT2D eigenvalue weighted by molar-refractivity contribution is -0.138. The van der Waals surface area contributed by atoms with E-state index in [2.05, 4.69) is 4.98 Å². The number of carboxylic acid groups (broad SMARTS) is 1. The van der Waals surface area contributed by atoms with Gasteiger partial charge in [0.15, 0.2) is 0 Å². The van der Waals surface area contributed by atoms with Gasteiger partial charge in [-0.05, 0) is 18.6 Å². The van der Waals surface area contributed by atoms with Crippen LogP contribution in [-0.4, -0.2) is 27.7 Å². The smallest absolute Gasteiger partial charge is 0.312 e. The standard InChI is InChI=1S/C12H14N2O3/c1-6-5-14-9-3-2-7(11(15)10(6)9)8(4-13)12(16)17/h2-3,5,8,14-15H,4,13H2,1H3,(H,16,17). The largest absolute Gasteiger partial charge is 0.507 e. The van der Waals surface area contributed by atoms with Crippen molar-refractivity contribution >= 4 is 16.9 Å². The molecule has 0 aliphatic rings. The minimum atomic E-state index is -1.03. The van der Waals surface area contributed by atoms with Crippen LogP contribution < -0.4 is 5.73 Å². The zero-order valence-corrected chi connectivity index (χ0v) is 9.40. The first kappa shape index (κ1) is 11.5. The Morgan fingerprint density at radius 1 is 1.53 bits per heavy atom. The van der Waals surface area contributed by atoms with Crippen molar-refractivity contribution in [3.8, 4) is 5.75 Å². The summed E-state index contributed by atoms with van der Waals surface area (Å²) in [5.74, 6) is -1.91. The number of H-pyrrole nitrogens is 1. The van der Waals surface area contributed by atoms with Gasteiger partial charge >= 0.3 is 5.97 Å². The van der Waals surface area contributed by atoms with Crippen molar-refractivity contribution < 1.29 is 15.0 Å². The van der Waals surface area contributed by atoms with E-state index in [9.17, 15) is 9.90 Å². The minimum Gasteiger partial charge on any atom is -0.507 e. The van der Waals surface area contributed by atoms with Crippen molar-refractivity contribution in [3.05, 3.63) is 29.5 Å². The van der Waals surface area contributed by atoms with E-state index in [0.29, 0.717) is 10.9 Å². The van der Waals surface area contributed by atoms with Crippen LogP contribution in [0.5, 0.6) is 5.75 Å². The van der Waals surface area contributed by atoms with Gasteiger partial charge in [-0.1, -0.05) is 6.07 Å². The SMILES string of the molecule is Cc1c[nH]c2ccc(C(CN)C(=O)O)c(O)c12. The summed E-state index contributed by atoms with van der Waals surface area (Å²) in [6, 6.07) is 3.35. The number of phenolic OH excluding ortho intramolecular Hbond substituents is 1. The number of carbonyl (C=O) groups is 1. The Bertz CT molecular complexity index is 574. The average molecular weight is 234 g/mol. The maximum atomic E-state index is 11.0. The maximum Gasteiger partial charge on any atom is 0.312 e. The Labute approximate surface area is 97.9 Å². The summed E-state index contributed by atoms with van der Waals surface area (Å²) in [4.78, 5) is 14.0. The summed E-state index contributed by atoms with van der Waals surface area (Å²) in [6.45, 7) is 1.80. The molecule has 1 unspecified atom stereocenters. The number of aryl methyl sites for hydroxylation is 1. The fraction of sp³-hybridized carbons (Fsp3) is 0.250. The summed E-state index contributed by atoms with van der Waals surface area (Å²) in [5, 5.41) is 19.8. The molecule has 5 N–H and O–H groups in total. The summed E-state index contributed by atoms with van der Waals surface area (Å²) in [5.41, 5.74) is 7.45. The average Bonchev–Trinajstić information content (AvgIpc) is 2.65. The van der Waals surface area contributed by atoms with Crippen LogP contribution in [0.1, 0.15) is 17.0 Å². The second kappa shape index (κ2) is 4.10. The molecule has 2 aromatic rings. The van der Waals surface area contributed by atoms with Gasteiger partial charge in [0.1, 0.15) is 5.75 Å². The van der Waals surface area contributed by atoms with Gasteiger partial charge in [0.05, 0.1) is 5.92 Å². The highest BCUT2D eigenvalue weighted by atomic mass is 16.4. The van der Waals surface area contributed by atoms with E-state index in [4.69, 9.17) is 10.8 Å². The number of aromatic hydroxyl groups is 1. The van der Waals surface area contributed by atoms with Crippen LogP contribution in [0.2, 0.25) is 0 Å². The summed E-state index contributed by atoms with van der Waals surface area (Å²) in [7, 11) is 0. The van der Waals surface area contributed by atoms with Crippen LogP contribution in [0.3, 0.4) is 0 Å². The number of aliphatic carboxylic acids is 1. The normalized spacial score (nSPS) is 12.8. The number of rotatable bonds is 3. The Hall–Kier alpha value is -2.01. The number of phenols is 1. The first-order chi connectivity index (χ1) is 8.06. The molecule has 5 nitrogen and oxygen atoms in total. The van der Waals surface area contributed by atoms with E-state index in [1.54, 1.807) is 18.3 Å². The first-order valence-electron chi connectivity index (χ1n) is 5.28. The van der Waals surface area contributed by atoms with E-state index >= 15 is 0 Å². The lowest BCUT2D eigenvalue weighted by Gasteiger charge is -2.12. The second-order valence-corrected chi connectivity index (χ2v) is 4.02. The van der Waals surface area contributed by atoms with Gasteiger partial charge in [-0.15, -0.1) is 0 Å². The van der Waals surface area contributed by atoms with Gasteiger partial charge in [0.25, 0.3) is 0 Å². The highest BCUT2D eigenvalue weighted by Crippen LogP contribution is 2.34. The molecule has 0 saturated heterocycles. The number of aromatic nitrogens is 1. The lowest BCUT2D eigenvalue weighted by atomic mass is 9.96. The predicted molar refractivity (Wildman–Crippen MR) is 64.1 cm³/mol. The first-order valence-corrected chi connectivity index (χ1v) is 5.28. The van der Waals surface area contributed by atoms with Crippen LogP contribution in [0, 0.1) is 6.92 Å². The fourth-order valence-electron chi connectivity index (χ4n) is 2.03. The van der Waals surface area contributed by atoms with Gasteiger partial charge in [0, 0.05) is 29.2 Å². The Morgan fingerprint density at radius 2 is 2.24 bits per heavy atom. The Morgan fingerprint density at radius 3 is 2.82 bits per heavy atom.